The van der Waals surface area contributed by atoms with E-state index in [0.717, 1.165) is 32.2 Å². The molecule has 2 unspecified atom stereocenters. The minimum absolute atomic E-state index is 0.0387. The van der Waals surface area contributed by atoms with Crippen LogP contribution in [0.2, 0.25) is 0 Å². The van der Waals surface area contributed by atoms with E-state index in [1.165, 1.54) is 11.1 Å². The summed E-state index contributed by atoms with van der Waals surface area (Å²) in [4.78, 5) is 29.5. The van der Waals surface area contributed by atoms with Gasteiger partial charge in [-0.1, -0.05) is 36.4 Å². The summed E-state index contributed by atoms with van der Waals surface area (Å²) in [6.07, 6.45) is 7.81. The highest BCUT2D eigenvalue weighted by Crippen LogP contribution is 2.39. The molecule has 0 bridgehead atoms. The van der Waals surface area contributed by atoms with Crippen LogP contribution in [0, 0.1) is 5.92 Å². The predicted octanol–water partition coefficient (Wildman–Crippen LogP) is 2.49. The number of nitrogens with zero attached hydrogens (tertiary/aromatic N) is 2. The molecule has 4 heteroatoms. The number of rotatable bonds is 1. The third-order valence-corrected chi connectivity index (χ3v) is 5.85. The van der Waals surface area contributed by atoms with E-state index in [0.29, 0.717) is 6.54 Å². The van der Waals surface area contributed by atoms with Gasteiger partial charge in [-0.2, -0.15) is 0 Å². The molecule has 126 valence electrons. The van der Waals surface area contributed by atoms with Gasteiger partial charge >= 0.3 is 0 Å². The van der Waals surface area contributed by atoms with Gasteiger partial charge in [-0.3, -0.25) is 9.59 Å². The fourth-order valence-corrected chi connectivity index (χ4v) is 4.57. The smallest absolute Gasteiger partial charge is 0.242 e. The van der Waals surface area contributed by atoms with Crippen molar-refractivity contribution in [3.63, 3.8) is 0 Å². The molecule has 0 aromatic heterocycles. The zero-order chi connectivity index (χ0) is 16.7. The van der Waals surface area contributed by atoms with Crippen LogP contribution in [0.1, 0.15) is 37.3 Å². The molecule has 2 atom stereocenters. The Morgan fingerprint density at radius 1 is 1.25 bits per heavy atom. The van der Waals surface area contributed by atoms with E-state index in [4.69, 9.17) is 0 Å². The van der Waals surface area contributed by atoms with Crippen LogP contribution >= 0.6 is 0 Å². The minimum atomic E-state index is -0.398. The van der Waals surface area contributed by atoms with Crippen molar-refractivity contribution in [2.75, 3.05) is 19.6 Å². The van der Waals surface area contributed by atoms with Crippen LogP contribution in [-0.2, 0) is 21.5 Å². The second kappa shape index (κ2) is 5.76. The lowest BCUT2D eigenvalue weighted by atomic mass is 9.79. The van der Waals surface area contributed by atoms with Crippen molar-refractivity contribution in [3.05, 3.63) is 47.5 Å². The molecule has 1 aromatic rings. The normalized spacial score (nSPS) is 29.2. The maximum atomic E-state index is 12.9. The highest BCUT2D eigenvalue weighted by Gasteiger charge is 2.47. The molecule has 4 rings (SSSR count). The second-order valence-corrected chi connectivity index (χ2v) is 7.40. The third-order valence-electron chi connectivity index (χ3n) is 5.85. The van der Waals surface area contributed by atoms with Gasteiger partial charge in [0.15, 0.2) is 0 Å². The monoisotopic (exact) mass is 324 g/mol. The Bertz CT molecular complexity index is 711. The van der Waals surface area contributed by atoms with E-state index in [-0.39, 0.29) is 24.3 Å². The lowest BCUT2D eigenvalue weighted by Crippen LogP contribution is -2.65. The fraction of sp³-hybridized carbons (Fsp3) is 0.500. The first-order valence-electron chi connectivity index (χ1n) is 8.92. The molecular weight excluding hydrogens is 300 g/mol. The minimum Gasteiger partial charge on any atom is -0.330 e. The van der Waals surface area contributed by atoms with Gasteiger partial charge in [0.2, 0.25) is 11.8 Å². The Labute approximate surface area is 143 Å². The quantitative estimate of drug-likeness (QED) is 0.745. The molecule has 1 aromatic carbocycles. The van der Waals surface area contributed by atoms with Crippen LogP contribution < -0.4 is 0 Å². The van der Waals surface area contributed by atoms with Crippen LogP contribution in [0.25, 0.3) is 0 Å². The van der Waals surface area contributed by atoms with Gasteiger partial charge in [0.05, 0.1) is 12.1 Å². The summed E-state index contributed by atoms with van der Waals surface area (Å²) in [7, 11) is 0. The Morgan fingerprint density at radius 3 is 2.88 bits per heavy atom. The standard InChI is InChI=1S/C20H24N2O2/c1-20-14-21(19(24)16-8-3-2-4-9-16)13-18(23)22(20)12-11-15-7-5-6-10-17(15)20/h2-3,5-7,10,16H,4,8-9,11-14H2,1H3. The zero-order valence-corrected chi connectivity index (χ0v) is 14.2. The first-order chi connectivity index (χ1) is 11.6. The third kappa shape index (κ3) is 2.36. The average Bonchev–Trinajstić information content (AvgIpc) is 2.61. The molecule has 2 heterocycles. The van der Waals surface area contributed by atoms with Crippen molar-refractivity contribution in [2.24, 2.45) is 5.92 Å². The number of allylic oxidation sites excluding steroid dienone is 2. The van der Waals surface area contributed by atoms with Gasteiger partial charge in [-0.25, -0.2) is 0 Å². The second-order valence-electron chi connectivity index (χ2n) is 7.40. The number of piperazine rings is 1. The number of hydrogen-bond donors (Lipinski definition) is 0. The average molecular weight is 324 g/mol. The Hall–Kier alpha value is -2.10. The summed E-state index contributed by atoms with van der Waals surface area (Å²) >= 11 is 0. The molecule has 24 heavy (non-hydrogen) atoms. The van der Waals surface area contributed by atoms with Crippen molar-refractivity contribution < 1.29 is 9.59 Å². The fourth-order valence-electron chi connectivity index (χ4n) is 4.57. The number of amides is 2. The van der Waals surface area contributed by atoms with Crippen LogP contribution in [0.15, 0.2) is 36.4 Å². The van der Waals surface area contributed by atoms with Crippen LogP contribution in [-0.4, -0.2) is 41.2 Å². The van der Waals surface area contributed by atoms with Crippen LogP contribution in [0.4, 0.5) is 0 Å². The SMILES string of the molecule is CC12CN(C(=O)C3CC=CCC3)CC(=O)N1CCc1ccccc12. The molecule has 3 aliphatic rings. The molecule has 1 saturated heterocycles. The largest absolute Gasteiger partial charge is 0.330 e. The summed E-state index contributed by atoms with van der Waals surface area (Å²) in [5.74, 6) is 0.270. The molecule has 4 nitrogen and oxygen atoms in total. The van der Waals surface area contributed by atoms with Crippen molar-refractivity contribution in [3.8, 4) is 0 Å². The summed E-state index contributed by atoms with van der Waals surface area (Å²) in [5.41, 5.74) is 2.11. The molecule has 0 spiro atoms. The zero-order valence-electron chi connectivity index (χ0n) is 14.2. The molecule has 1 fully saturated rings. The predicted molar refractivity (Wildman–Crippen MR) is 92.3 cm³/mol. The van der Waals surface area contributed by atoms with E-state index >= 15 is 0 Å². The lowest BCUT2D eigenvalue weighted by Gasteiger charge is -2.52. The van der Waals surface area contributed by atoms with E-state index in [9.17, 15) is 9.59 Å². The molecule has 2 amide bonds. The summed E-state index contributed by atoms with van der Waals surface area (Å²) in [6, 6.07) is 8.35. The number of carbonyl (C=O) groups excluding carboxylic acids is 2. The van der Waals surface area contributed by atoms with Gasteiger partial charge in [-0.15, -0.1) is 0 Å². The van der Waals surface area contributed by atoms with E-state index < -0.39 is 5.54 Å². The van der Waals surface area contributed by atoms with Crippen molar-refractivity contribution in [1.82, 2.24) is 9.80 Å². The highest BCUT2D eigenvalue weighted by molar-refractivity contribution is 5.88. The Balaban J connectivity index is 1.65. The van der Waals surface area contributed by atoms with E-state index in [1.54, 1.807) is 0 Å². The summed E-state index contributed by atoms with van der Waals surface area (Å²) < 4.78 is 0. The van der Waals surface area contributed by atoms with Gasteiger partial charge in [0, 0.05) is 19.0 Å². The molecular formula is C20H24N2O2. The summed E-state index contributed by atoms with van der Waals surface area (Å²) in [5, 5.41) is 0. The van der Waals surface area contributed by atoms with Gasteiger partial charge in [-0.05, 0) is 43.7 Å². The molecule has 1 aliphatic carbocycles. The Morgan fingerprint density at radius 2 is 2.08 bits per heavy atom. The van der Waals surface area contributed by atoms with E-state index in [2.05, 4.69) is 37.3 Å². The molecule has 2 aliphatic heterocycles. The first-order valence-corrected chi connectivity index (χ1v) is 8.92. The maximum absolute atomic E-state index is 12.9. The van der Waals surface area contributed by atoms with Crippen LogP contribution in [0.3, 0.4) is 0 Å². The number of fused-ring (bicyclic) bond motifs is 3. The van der Waals surface area contributed by atoms with Gasteiger partial charge in [0.25, 0.3) is 0 Å². The van der Waals surface area contributed by atoms with Gasteiger partial charge in [0.1, 0.15) is 0 Å². The lowest BCUT2D eigenvalue weighted by molar-refractivity contribution is -0.157. The number of benzene rings is 1. The first kappa shape index (κ1) is 15.4. The Kier molecular flexibility index (Phi) is 3.70. The van der Waals surface area contributed by atoms with Crippen molar-refractivity contribution >= 4 is 11.8 Å². The van der Waals surface area contributed by atoms with E-state index in [1.807, 2.05) is 15.9 Å². The number of carbonyl (C=O) groups is 2. The molecule has 0 saturated carbocycles. The van der Waals surface area contributed by atoms with Crippen molar-refractivity contribution in [1.29, 1.82) is 0 Å². The number of hydrogen-bond acceptors (Lipinski definition) is 2. The molecule has 0 radical (unpaired) electrons. The molecule has 0 N–H and O–H groups in total. The maximum Gasteiger partial charge on any atom is 0.242 e. The highest BCUT2D eigenvalue weighted by atomic mass is 16.2. The summed E-state index contributed by atoms with van der Waals surface area (Å²) in [6.45, 7) is 3.70. The van der Waals surface area contributed by atoms with Crippen molar-refractivity contribution in [2.45, 2.75) is 38.1 Å². The van der Waals surface area contributed by atoms with Crippen LogP contribution in [0.5, 0.6) is 0 Å². The topological polar surface area (TPSA) is 40.6 Å². The van der Waals surface area contributed by atoms with Gasteiger partial charge < -0.3 is 9.80 Å².